The quantitative estimate of drug-likeness (QED) is 0.715. The Labute approximate surface area is 155 Å². The van der Waals surface area contributed by atoms with Crippen LogP contribution in [0.1, 0.15) is 0 Å². The molecule has 0 fully saturated rings. The molecule has 0 aliphatic carbocycles. The number of para-hydroxylation sites is 1. The van der Waals surface area contributed by atoms with Crippen molar-refractivity contribution in [3.8, 4) is 17.2 Å². The molecule has 1 aliphatic rings. The summed E-state index contributed by atoms with van der Waals surface area (Å²) in [6.45, 7) is 0.326. The molecule has 2 N–H and O–H groups in total. The molecular formula is C16H15ClN2O6S. The fourth-order valence-electron chi connectivity index (χ4n) is 2.12. The molecule has 0 aromatic heterocycles. The molecule has 0 saturated heterocycles. The number of nitrogens with one attached hydrogen (secondary N) is 2. The van der Waals surface area contributed by atoms with Crippen LogP contribution in [0, 0.1) is 0 Å². The summed E-state index contributed by atoms with van der Waals surface area (Å²) in [5.74, 6) is 0.421. The standard InChI is InChI=1S/C16H15ClN2O6S/c17-12-3-1-2-4-13(12)25-10-16(20)18-19-26(21,22)11-5-6-14-15(9-11)24-8-7-23-14/h1-6,9,19H,7-8,10H2,(H,18,20). The van der Waals surface area contributed by atoms with Gasteiger partial charge in [0, 0.05) is 6.07 Å². The van der Waals surface area contributed by atoms with Crippen LogP contribution in [0.15, 0.2) is 47.4 Å². The predicted molar refractivity (Wildman–Crippen MR) is 92.8 cm³/mol. The molecular weight excluding hydrogens is 384 g/mol. The van der Waals surface area contributed by atoms with E-state index in [2.05, 4.69) is 5.43 Å². The maximum Gasteiger partial charge on any atom is 0.272 e. The summed E-state index contributed by atoms with van der Waals surface area (Å²) in [6.07, 6.45) is 0. The number of hydrazine groups is 1. The third-order valence-corrected chi connectivity index (χ3v) is 4.90. The van der Waals surface area contributed by atoms with Crippen molar-refractivity contribution in [1.29, 1.82) is 0 Å². The highest BCUT2D eigenvalue weighted by Gasteiger charge is 2.20. The smallest absolute Gasteiger partial charge is 0.272 e. The number of ether oxygens (including phenoxy) is 3. The molecule has 1 amide bonds. The summed E-state index contributed by atoms with van der Waals surface area (Å²) in [6, 6.07) is 10.8. The van der Waals surface area contributed by atoms with Crippen LogP contribution in [0.3, 0.4) is 0 Å². The maximum atomic E-state index is 12.3. The van der Waals surface area contributed by atoms with Crippen LogP contribution in [0.25, 0.3) is 0 Å². The summed E-state index contributed by atoms with van der Waals surface area (Å²) < 4.78 is 40.4. The molecule has 0 saturated carbocycles. The average Bonchev–Trinajstić information content (AvgIpc) is 2.65. The molecule has 26 heavy (non-hydrogen) atoms. The minimum absolute atomic E-state index is 0.0749. The first-order chi connectivity index (χ1) is 12.5. The third-order valence-electron chi connectivity index (χ3n) is 3.34. The van der Waals surface area contributed by atoms with Crippen molar-refractivity contribution >= 4 is 27.5 Å². The van der Waals surface area contributed by atoms with E-state index < -0.39 is 22.5 Å². The minimum atomic E-state index is -3.98. The van der Waals surface area contributed by atoms with E-state index in [0.29, 0.717) is 35.5 Å². The van der Waals surface area contributed by atoms with Gasteiger partial charge in [0.15, 0.2) is 18.1 Å². The molecule has 138 valence electrons. The number of rotatable bonds is 6. The number of hydrogen-bond acceptors (Lipinski definition) is 6. The lowest BCUT2D eigenvalue weighted by Gasteiger charge is -2.19. The van der Waals surface area contributed by atoms with Crippen LogP contribution in [-0.4, -0.2) is 34.1 Å². The van der Waals surface area contributed by atoms with Gasteiger partial charge in [-0.15, -0.1) is 4.83 Å². The zero-order valence-electron chi connectivity index (χ0n) is 13.4. The Hall–Kier alpha value is -2.49. The second-order valence-corrected chi connectivity index (χ2v) is 7.27. The molecule has 0 unspecified atom stereocenters. The first-order valence-corrected chi connectivity index (χ1v) is 9.39. The number of benzene rings is 2. The predicted octanol–water partition coefficient (Wildman–Crippen LogP) is 1.50. The van der Waals surface area contributed by atoms with Gasteiger partial charge in [-0.05, 0) is 24.3 Å². The monoisotopic (exact) mass is 398 g/mol. The largest absolute Gasteiger partial charge is 0.486 e. The molecule has 1 heterocycles. The first-order valence-electron chi connectivity index (χ1n) is 7.53. The highest BCUT2D eigenvalue weighted by molar-refractivity contribution is 7.89. The van der Waals surface area contributed by atoms with Gasteiger partial charge in [0.25, 0.3) is 15.9 Å². The third kappa shape index (κ3) is 4.37. The van der Waals surface area contributed by atoms with Crippen LogP contribution in [-0.2, 0) is 14.8 Å². The maximum absolute atomic E-state index is 12.3. The lowest BCUT2D eigenvalue weighted by molar-refractivity contribution is -0.123. The normalized spacial score (nSPS) is 13.1. The van der Waals surface area contributed by atoms with E-state index in [1.165, 1.54) is 18.2 Å². The minimum Gasteiger partial charge on any atom is -0.486 e. The van der Waals surface area contributed by atoms with Crippen LogP contribution >= 0.6 is 11.6 Å². The number of hydrogen-bond donors (Lipinski definition) is 2. The Kier molecular flexibility index (Phi) is 5.50. The highest BCUT2D eigenvalue weighted by Crippen LogP contribution is 2.32. The Balaban J connectivity index is 1.58. The molecule has 2 aromatic carbocycles. The Morgan fingerprint density at radius 2 is 1.85 bits per heavy atom. The van der Waals surface area contributed by atoms with Crippen molar-refractivity contribution in [3.63, 3.8) is 0 Å². The van der Waals surface area contributed by atoms with Gasteiger partial charge in [-0.3, -0.25) is 10.2 Å². The summed E-state index contributed by atoms with van der Waals surface area (Å²) in [5.41, 5.74) is 2.07. The van der Waals surface area contributed by atoms with E-state index in [0.717, 1.165) is 0 Å². The van der Waals surface area contributed by atoms with E-state index in [1.807, 2.05) is 4.83 Å². The van der Waals surface area contributed by atoms with E-state index in [4.69, 9.17) is 25.8 Å². The zero-order chi connectivity index (χ0) is 18.6. The van der Waals surface area contributed by atoms with Gasteiger partial charge in [0.2, 0.25) is 0 Å². The fraction of sp³-hybridized carbons (Fsp3) is 0.188. The van der Waals surface area contributed by atoms with Crippen LogP contribution in [0.2, 0.25) is 5.02 Å². The zero-order valence-corrected chi connectivity index (χ0v) is 15.0. The molecule has 10 heteroatoms. The average molecular weight is 399 g/mol. The van der Waals surface area contributed by atoms with Crippen LogP contribution in [0.4, 0.5) is 0 Å². The molecule has 0 bridgehead atoms. The first kappa shape index (κ1) is 18.3. The lowest BCUT2D eigenvalue weighted by atomic mass is 10.3. The Morgan fingerprint density at radius 3 is 2.62 bits per heavy atom. The molecule has 8 nitrogen and oxygen atoms in total. The van der Waals surface area contributed by atoms with Gasteiger partial charge >= 0.3 is 0 Å². The van der Waals surface area contributed by atoms with Crippen LogP contribution < -0.4 is 24.5 Å². The number of sulfonamides is 1. The van der Waals surface area contributed by atoms with E-state index in [9.17, 15) is 13.2 Å². The van der Waals surface area contributed by atoms with Crippen molar-refractivity contribution in [3.05, 3.63) is 47.5 Å². The van der Waals surface area contributed by atoms with E-state index >= 15 is 0 Å². The van der Waals surface area contributed by atoms with Gasteiger partial charge in [-0.2, -0.15) is 0 Å². The van der Waals surface area contributed by atoms with Gasteiger partial charge in [-0.25, -0.2) is 8.42 Å². The second kappa shape index (κ2) is 7.81. The lowest BCUT2D eigenvalue weighted by Crippen LogP contribution is -2.43. The number of fused-ring (bicyclic) bond motifs is 1. The SMILES string of the molecule is O=C(COc1ccccc1Cl)NNS(=O)(=O)c1ccc2c(c1)OCCO2. The molecule has 1 aliphatic heterocycles. The fourth-order valence-corrected chi connectivity index (χ4v) is 3.18. The Bertz CT molecular complexity index is 919. The number of carbonyl (C=O) groups is 1. The van der Waals surface area contributed by atoms with Crippen molar-refractivity contribution < 1.29 is 27.4 Å². The summed E-state index contributed by atoms with van der Waals surface area (Å²) in [5, 5.41) is 0.345. The number of carbonyl (C=O) groups excluding carboxylic acids is 1. The van der Waals surface area contributed by atoms with Crippen molar-refractivity contribution in [2.75, 3.05) is 19.8 Å². The molecule has 3 rings (SSSR count). The summed E-state index contributed by atoms with van der Waals surface area (Å²) in [4.78, 5) is 13.7. The van der Waals surface area contributed by atoms with E-state index in [-0.39, 0.29) is 4.90 Å². The highest BCUT2D eigenvalue weighted by atomic mass is 35.5. The summed E-state index contributed by atoms with van der Waals surface area (Å²) in [7, 11) is -3.98. The van der Waals surface area contributed by atoms with Crippen molar-refractivity contribution in [1.82, 2.24) is 10.3 Å². The topological polar surface area (TPSA) is 103 Å². The van der Waals surface area contributed by atoms with Crippen LogP contribution in [0.5, 0.6) is 17.2 Å². The number of amides is 1. The molecule has 0 radical (unpaired) electrons. The second-order valence-electron chi connectivity index (χ2n) is 5.18. The van der Waals surface area contributed by atoms with Gasteiger partial charge in [0.05, 0.1) is 9.92 Å². The summed E-state index contributed by atoms with van der Waals surface area (Å²) >= 11 is 5.91. The molecule has 2 aromatic rings. The van der Waals surface area contributed by atoms with Crippen molar-refractivity contribution in [2.45, 2.75) is 4.90 Å². The van der Waals surface area contributed by atoms with Gasteiger partial charge < -0.3 is 14.2 Å². The number of halogens is 1. The molecule has 0 atom stereocenters. The molecule has 0 spiro atoms. The van der Waals surface area contributed by atoms with Crippen molar-refractivity contribution in [2.24, 2.45) is 0 Å². The Morgan fingerprint density at radius 1 is 1.12 bits per heavy atom. The van der Waals surface area contributed by atoms with E-state index in [1.54, 1.807) is 24.3 Å². The van der Waals surface area contributed by atoms with Gasteiger partial charge in [-0.1, -0.05) is 23.7 Å². The van der Waals surface area contributed by atoms with Gasteiger partial charge in [0.1, 0.15) is 19.0 Å².